The Morgan fingerprint density at radius 3 is 2.40 bits per heavy atom. The van der Waals surface area contributed by atoms with Crippen molar-refractivity contribution in [2.24, 2.45) is 29.6 Å². The number of ether oxygens (including phenoxy) is 7. The van der Waals surface area contributed by atoms with Gasteiger partial charge in [-0.1, -0.05) is 70.9 Å². The van der Waals surface area contributed by atoms with E-state index in [0.29, 0.717) is 50.5 Å². The lowest BCUT2D eigenvalue weighted by atomic mass is 9.75. The van der Waals surface area contributed by atoms with Crippen molar-refractivity contribution in [2.45, 2.75) is 151 Å². The molecule has 0 aromatic heterocycles. The highest BCUT2D eigenvalue weighted by Crippen LogP contribution is 2.50. The lowest BCUT2D eigenvalue weighted by Gasteiger charge is -2.53. The number of aliphatic hydroxyl groups is 4. The fourth-order valence-corrected chi connectivity index (χ4v) is 9.63. The first-order valence-electron chi connectivity index (χ1n) is 20.1. The van der Waals surface area contributed by atoms with Crippen LogP contribution in [-0.2, 0) is 38.0 Å². The molecular weight excluding hydrogens is 708 g/mol. The van der Waals surface area contributed by atoms with E-state index in [1.165, 1.54) is 6.08 Å². The van der Waals surface area contributed by atoms with Gasteiger partial charge in [0.2, 0.25) is 12.1 Å². The number of hydrogen-bond acceptors (Lipinski definition) is 12. The first kappa shape index (κ1) is 40.5. The minimum atomic E-state index is -1.89. The van der Waals surface area contributed by atoms with Gasteiger partial charge in [-0.15, -0.1) is 0 Å². The number of hydrogen-bond donors (Lipinski definition) is 4. The summed E-state index contributed by atoms with van der Waals surface area (Å²) >= 11 is 0. The van der Waals surface area contributed by atoms with Crippen LogP contribution in [0.3, 0.4) is 0 Å². The summed E-state index contributed by atoms with van der Waals surface area (Å²) in [7, 11) is 0. The van der Waals surface area contributed by atoms with E-state index in [2.05, 4.69) is 39.3 Å². The fourth-order valence-electron chi connectivity index (χ4n) is 9.63. The normalized spacial score (nSPS) is 49.1. The lowest BCUT2D eigenvalue weighted by molar-refractivity contribution is -0.330. The predicted octanol–water partition coefficient (Wildman–Crippen LogP) is 4.68. The zero-order chi connectivity index (χ0) is 39.4. The number of carbonyl (C=O) groups is 1. The maximum absolute atomic E-state index is 14.2. The SMILES string of the molecule is C=C1C[C@@H]2OC3(C1)C[C@H](C)C(=C)[C@@H](O3)[C@H]1C[C@H](C(=C)O[C@@H]1O)C(=O)O[C@H]([C@@]1(O)OCC[C@@H](C)[C@@H]1C)/C=C\C[C@H](O)[C@H](O)C(=C)[C@@H]1CC[C@H](O1)[C@H]1C=CC[C@@H]2O1. The summed E-state index contributed by atoms with van der Waals surface area (Å²) in [6, 6.07) is 0. The highest BCUT2D eigenvalue weighted by Gasteiger charge is 2.55. The van der Waals surface area contributed by atoms with Gasteiger partial charge in [0.1, 0.15) is 23.9 Å². The zero-order valence-electron chi connectivity index (χ0n) is 32.4. The predicted molar refractivity (Wildman–Crippen MR) is 201 cm³/mol. The molecule has 7 rings (SSSR count). The maximum atomic E-state index is 14.2. The summed E-state index contributed by atoms with van der Waals surface area (Å²) in [4.78, 5) is 14.2. The minimum Gasteiger partial charge on any atom is -0.469 e. The molecule has 0 radical (unpaired) electrons. The Labute approximate surface area is 324 Å². The molecule has 0 aromatic rings. The Morgan fingerprint density at radius 2 is 1.62 bits per heavy atom. The summed E-state index contributed by atoms with van der Waals surface area (Å²) in [5, 5.41) is 45.7. The Balaban J connectivity index is 1.23. The largest absolute Gasteiger partial charge is 0.469 e. The average molecular weight is 769 g/mol. The van der Waals surface area contributed by atoms with Crippen LogP contribution in [-0.4, -0.2) is 106 Å². The molecule has 0 aromatic carbocycles. The van der Waals surface area contributed by atoms with Crippen molar-refractivity contribution in [3.8, 4) is 0 Å². The van der Waals surface area contributed by atoms with Crippen LogP contribution >= 0.6 is 0 Å². The van der Waals surface area contributed by atoms with E-state index in [1.807, 2.05) is 19.9 Å². The molecule has 1 spiro atoms. The van der Waals surface area contributed by atoms with Crippen molar-refractivity contribution in [3.63, 3.8) is 0 Å². The first-order valence-corrected chi connectivity index (χ1v) is 20.1. The molecule has 17 atom stereocenters. The van der Waals surface area contributed by atoms with E-state index in [-0.39, 0.29) is 61.5 Å². The van der Waals surface area contributed by atoms with E-state index in [0.717, 1.165) is 11.1 Å². The average Bonchev–Trinajstić information content (AvgIpc) is 3.64. The number of carbonyl (C=O) groups excluding carboxylic acids is 1. The summed E-state index contributed by atoms with van der Waals surface area (Å²) in [6.45, 7) is 23.0. The van der Waals surface area contributed by atoms with Gasteiger partial charge in [-0.3, -0.25) is 4.79 Å². The van der Waals surface area contributed by atoms with Crippen LogP contribution in [0.5, 0.6) is 0 Å². The smallest absolute Gasteiger partial charge is 0.317 e. The molecule has 7 heterocycles. The number of fused-ring (bicyclic) bond motifs is 11. The Hall–Kier alpha value is -2.65. The Morgan fingerprint density at radius 1 is 0.855 bits per heavy atom. The number of aliphatic hydroxyl groups excluding tert-OH is 3. The van der Waals surface area contributed by atoms with E-state index in [1.54, 1.807) is 6.08 Å². The topological polar surface area (TPSA) is 163 Å². The highest BCUT2D eigenvalue weighted by atomic mass is 16.7. The maximum Gasteiger partial charge on any atom is 0.317 e. The van der Waals surface area contributed by atoms with Crippen molar-refractivity contribution >= 4 is 5.97 Å². The summed E-state index contributed by atoms with van der Waals surface area (Å²) in [5.41, 5.74) is 2.07. The number of esters is 1. The second kappa shape index (κ2) is 15.9. The third kappa shape index (κ3) is 7.96. The van der Waals surface area contributed by atoms with E-state index in [9.17, 15) is 25.2 Å². The van der Waals surface area contributed by atoms with Crippen LogP contribution < -0.4 is 0 Å². The Kier molecular flexibility index (Phi) is 11.8. The van der Waals surface area contributed by atoms with E-state index >= 15 is 0 Å². The van der Waals surface area contributed by atoms with Crippen LogP contribution in [0.4, 0.5) is 0 Å². The highest BCUT2D eigenvalue weighted by molar-refractivity contribution is 5.76. The summed E-state index contributed by atoms with van der Waals surface area (Å²) < 4.78 is 44.8. The molecule has 5 saturated heterocycles. The summed E-state index contributed by atoms with van der Waals surface area (Å²) in [6.07, 6.45) is 3.51. The molecule has 0 aliphatic carbocycles. The van der Waals surface area contributed by atoms with Crippen LogP contribution in [0.2, 0.25) is 0 Å². The molecule has 304 valence electrons. The molecule has 5 fully saturated rings. The van der Waals surface area contributed by atoms with Crippen LogP contribution in [0, 0.1) is 29.6 Å². The molecule has 7 aliphatic heterocycles. The minimum absolute atomic E-state index is 0.0251. The molecule has 0 amide bonds. The Bertz CT molecular complexity index is 1570. The van der Waals surface area contributed by atoms with E-state index in [4.69, 9.17) is 33.2 Å². The molecule has 12 heteroatoms. The van der Waals surface area contributed by atoms with Crippen LogP contribution in [0.1, 0.15) is 78.6 Å². The van der Waals surface area contributed by atoms with Crippen molar-refractivity contribution in [3.05, 3.63) is 73.1 Å². The zero-order valence-corrected chi connectivity index (χ0v) is 32.4. The lowest BCUT2D eigenvalue weighted by Crippen LogP contribution is -2.57. The number of cyclic esters (lactones) is 1. The van der Waals surface area contributed by atoms with Gasteiger partial charge in [0.05, 0.1) is 49.1 Å². The molecule has 1 unspecified atom stereocenters. The number of rotatable bonds is 1. The standard InChI is InChI=1S/C43H60O12/c1-22-18-36-34-12-9-11-33(52-34)35-15-14-32(51-35)26(5)38(45)31(44)10-8-13-37(43(48)27(6)23(2)16-17-49-43)53-40(46)29-19-30(41(47)50-28(29)7)39-25(4)24(3)21-42(20-22,54-36)55-39/h8-9,11,13,23-24,27,29-39,41,44-45,47-48H,1,4-5,7,10,12,14-21H2,2-3,6H3/b13-8-/t23-,24+,27+,29-,30-,31+,32+,33-,34+,35+,36+,37+,38-,39-,41+,42?,43+/m1/s1. The third-order valence-corrected chi connectivity index (χ3v) is 13.3. The molecular formula is C43H60O12. The molecule has 12 nitrogen and oxygen atoms in total. The fraction of sp³-hybridized carbons (Fsp3) is 0.698. The molecule has 9 bridgehead atoms. The monoisotopic (exact) mass is 768 g/mol. The molecule has 55 heavy (non-hydrogen) atoms. The second-order valence-electron chi connectivity index (χ2n) is 17.2. The van der Waals surface area contributed by atoms with Gasteiger partial charge in [0.15, 0.2) is 11.9 Å². The van der Waals surface area contributed by atoms with Crippen molar-refractivity contribution < 1.29 is 58.4 Å². The van der Waals surface area contributed by atoms with Crippen molar-refractivity contribution in [2.75, 3.05) is 6.61 Å². The van der Waals surface area contributed by atoms with Crippen molar-refractivity contribution in [1.29, 1.82) is 0 Å². The second-order valence-corrected chi connectivity index (χ2v) is 17.2. The van der Waals surface area contributed by atoms with Gasteiger partial charge in [0, 0.05) is 18.8 Å². The first-order chi connectivity index (χ1) is 26.1. The van der Waals surface area contributed by atoms with Gasteiger partial charge in [0.25, 0.3) is 0 Å². The van der Waals surface area contributed by atoms with Gasteiger partial charge >= 0.3 is 5.97 Å². The van der Waals surface area contributed by atoms with Crippen LogP contribution in [0.15, 0.2) is 73.1 Å². The van der Waals surface area contributed by atoms with Crippen LogP contribution in [0.25, 0.3) is 0 Å². The quantitative estimate of drug-likeness (QED) is 0.166. The molecule has 0 saturated carbocycles. The summed E-state index contributed by atoms with van der Waals surface area (Å²) in [5.74, 6) is -5.91. The van der Waals surface area contributed by atoms with Gasteiger partial charge in [-0.2, -0.15) is 0 Å². The van der Waals surface area contributed by atoms with E-state index < -0.39 is 72.1 Å². The van der Waals surface area contributed by atoms with Gasteiger partial charge in [-0.05, 0) is 74.0 Å². The molecule has 4 N–H and O–H groups in total. The third-order valence-electron chi connectivity index (χ3n) is 13.3. The molecule has 7 aliphatic rings. The van der Waals surface area contributed by atoms with Gasteiger partial charge in [-0.25, -0.2) is 0 Å². The van der Waals surface area contributed by atoms with Gasteiger partial charge < -0.3 is 53.6 Å². The van der Waals surface area contributed by atoms with Crippen molar-refractivity contribution in [1.82, 2.24) is 0 Å².